The predicted molar refractivity (Wildman–Crippen MR) is 188 cm³/mol. The van der Waals surface area contributed by atoms with Crippen LogP contribution in [0.2, 0.25) is 10.0 Å². The summed E-state index contributed by atoms with van der Waals surface area (Å²) in [5.74, 6) is -0.384. The molecule has 3 heterocycles. The Bertz CT molecular complexity index is 1730. The smallest absolute Gasteiger partial charge is 0.406 e. The van der Waals surface area contributed by atoms with E-state index in [1.165, 1.54) is 12.1 Å². The molecule has 2 aliphatic heterocycles. The second kappa shape index (κ2) is 15.3. The van der Waals surface area contributed by atoms with E-state index in [-0.39, 0.29) is 11.7 Å². The molecule has 262 valence electrons. The van der Waals surface area contributed by atoms with Crippen LogP contribution in [0.3, 0.4) is 0 Å². The first-order valence-corrected chi connectivity index (χ1v) is 17.4. The molecule has 2 aliphatic rings. The summed E-state index contributed by atoms with van der Waals surface area (Å²) < 4.78 is 44.7. The number of hydrogen-bond acceptors (Lipinski definition) is 6. The van der Waals surface area contributed by atoms with Crippen LogP contribution in [-0.4, -0.2) is 78.0 Å². The van der Waals surface area contributed by atoms with E-state index in [2.05, 4.69) is 47.9 Å². The van der Waals surface area contributed by atoms with Crippen LogP contribution < -0.4 is 21.1 Å². The first kappa shape index (κ1) is 35.5. The minimum atomic E-state index is -4.76. The number of fused-ring (bicyclic) bond motifs is 1. The maximum absolute atomic E-state index is 12.8. The van der Waals surface area contributed by atoms with Crippen LogP contribution in [-0.2, 0) is 24.4 Å². The Balaban J connectivity index is 1.15. The van der Waals surface area contributed by atoms with Crippen molar-refractivity contribution in [1.29, 1.82) is 0 Å². The molecule has 0 saturated carbocycles. The van der Waals surface area contributed by atoms with Crippen LogP contribution >= 0.6 is 23.2 Å². The number of ether oxygens (including phenoxy) is 1. The molecule has 49 heavy (non-hydrogen) atoms. The molecule has 0 aliphatic carbocycles. The highest BCUT2D eigenvalue weighted by Crippen LogP contribution is 2.34. The summed E-state index contributed by atoms with van der Waals surface area (Å²) in [6.07, 6.45) is -0.829. The Hall–Kier alpha value is -3.32. The Morgan fingerprint density at radius 3 is 2.24 bits per heavy atom. The molecular weight excluding hydrogens is 676 g/mol. The molecule has 2 saturated heterocycles. The zero-order valence-electron chi connectivity index (χ0n) is 27.2. The van der Waals surface area contributed by atoms with E-state index in [0.29, 0.717) is 48.9 Å². The van der Waals surface area contributed by atoms with Crippen molar-refractivity contribution in [2.45, 2.75) is 50.8 Å². The topological polar surface area (TPSA) is 87.8 Å². The number of nitrogens with zero attached hydrogens (tertiary/aromatic N) is 3. The molecule has 1 aromatic heterocycles. The Morgan fingerprint density at radius 2 is 1.59 bits per heavy atom. The largest absolute Gasteiger partial charge is 0.573 e. The number of carbonyl (C=O) groups excluding carboxylic acids is 1. The van der Waals surface area contributed by atoms with E-state index in [1.807, 2.05) is 24.4 Å². The number of hydrogen-bond donors (Lipinski definition) is 3. The standard InChI is InChI=1S/C36H41Cl2F3N6O2/c37-31-3-1-4-32(38)30(31)23-46-19-17-45(18-20-46)22-25-5-10-33-28(21-25)29(26-6-8-27(9-7-26)49-36(39,40)41)24-47(33)16-2-13-44-34(48)35(42)11-14-43-15-12-35/h1,3-10,21,24,43H,2,11-20,22-23,42H2,(H,44,48). The highest BCUT2D eigenvalue weighted by molar-refractivity contribution is 6.36. The van der Waals surface area contributed by atoms with Crippen LogP contribution in [0.25, 0.3) is 22.0 Å². The van der Waals surface area contributed by atoms with Crippen LogP contribution in [0.5, 0.6) is 5.75 Å². The normalized spacial score (nSPS) is 17.3. The van der Waals surface area contributed by atoms with Crippen molar-refractivity contribution < 1.29 is 22.7 Å². The van der Waals surface area contributed by atoms with Gasteiger partial charge < -0.3 is 25.7 Å². The molecule has 0 unspecified atom stereocenters. The van der Waals surface area contributed by atoms with Crippen molar-refractivity contribution in [3.63, 3.8) is 0 Å². The lowest BCUT2D eigenvalue weighted by Gasteiger charge is -2.35. The van der Waals surface area contributed by atoms with Gasteiger partial charge >= 0.3 is 6.36 Å². The van der Waals surface area contributed by atoms with Crippen molar-refractivity contribution in [3.8, 4) is 16.9 Å². The van der Waals surface area contributed by atoms with Gasteiger partial charge in [0.15, 0.2) is 0 Å². The van der Waals surface area contributed by atoms with Crippen LogP contribution in [0.1, 0.15) is 30.4 Å². The zero-order chi connectivity index (χ0) is 34.6. The average Bonchev–Trinajstić information content (AvgIpc) is 3.43. The van der Waals surface area contributed by atoms with E-state index in [4.69, 9.17) is 28.9 Å². The summed E-state index contributed by atoms with van der Waals surface area (Å²) in [4.78, 5) is 17.6. The Morgan fingerprint density at radius 1 is 0.939 bits per heavy atom. The van der Waals surface area contributed by atoms with E-state index in [1.54, 1.807) is 12.1 Å². The van der Waals surface area contributed by atoms with Crippen molar-refractivity contribution in [2.75, 3.05) is 45.8 Å². The maximum Gasteiger partial charge on any atom is 0.573 e. The monoisotopic (exact) mass is 716 g/mol. The van der Waals surface area contributed by atoms with Gasteiger partial charge in [-0.1, -0.05) is 47.5 Å². The number of alkyl halides is 3. The fourth-order valence-corrected chi connectivity index (χ4v) is 7.21. The van der Waals surface area contributed by atoms with Gasteiger partial charge in [0.1, 0.15) is 5.75 Å². The lowest BCUT2D eigenvalue weighted by molar-refractivity contribution is -0.274. The summed E-state index contributed by atoms with van der Waals surface area (Å²) in [7, 11) is 0. The fraction of sp³-hybridized carbons (Fsp3) is 0.417. The number of amides is 1. The van der Waals surface area contributed by atoms with Crippen molar-refractivity contribution in [2.24, 2.45) is 5.73 Å². The minimum Gasteiger partial charge on any atom is -0.406 e. The second-order valence-electron chi connectivity index (χ2n) is 12.9. The quantitative estimate of drug-likeness (QED) is 0.156. The predicted octanol–water partition coefficient (Wildman–Crippen LogP) is 6.42. The molecule has 8 nitrogen and oxygen atoms in total. The first-order chi connectivity index (χ1) is 23.5. The molecule has 3 aromatic carbocycles. The maximum atomic E-state index is 12.8. The van der Waals surface area contributed by atoms with E-state index < -0.39 is 11.9 Å². The summed E-state index contributed by atoms with van der Waals surface area (Å²) in [6, 6.07) is 18.0. The van der Waals surface area contributed by atoms with Crippen molar-refractivity contribution in [3.05, 3.63) is 88.0 Å². The third-order valence-electron chi connectivity index (χ3n) is 9.47. The lowest BCUT2D eigenvalue weighted by atomic mass is 9.88. The van der Waals surface area contributed by atoms with Crippen LogP contribution in [0, 0.1) is 0 Å². The van der Waals surface area contributed by atoms with Crippen molar-refractivity contribution >= 4 is 40.0 Å². The molecule has 2 fully saturated rings. The van der Waals surface area contributed by atoms with Gasteiger partial charge in [-0.25, -0.2) is 0 Å². The van der Waals surface area contributed by atoms with Gasteiger partial charge in [-0.2, -0.15) is 0 Å². The van der Waals surface area contributed by atoms with Gasteiger partial charge in [0.05, 0.1) is 5.54 Å². The summed E-state index contributed by atoms with van der Waals surface area (Å²) in [5.41, 5.74) is 10.3. The van der Waals surface area contributed by atoms with Crippen molar-refractivity contribution in [1.82, 2.24) is 25.0 Å². The highest BCUT2D eigenvalue weighted by Gasteiger charge is 2.35. The van der Waals surface area contributed by atoms with E-state index >= 15 is 0 Å². The molecule has 6 rings (SSSR count). The minimum absolute atomic E-state index is 0.119. The molecule has 4 aromatic rings. The third-order valence-corrected chi connectivity index (χ3v) is 10.2. The summed E-state index contributed by atoms with van der Waals surface area (Å²) in [5, 5.41) is 8.62. The van der Waals surface area contributed by atoms with Gasteiger partial charge in [-0.15, -0.1) is 13.2 Å². The number of piperazine rings is 1. The summed E-state index contributed by atoms with van der Waals surface area (Å²) in [6.45, 7) is 7.59. The molecule has 0 atom stereocenters. The number of carbonyl (C=O) groups is 1. The summed E-state index contributed by atoms with van der Waals surface area (Å²) >= 11 is 12.8. The molecule has 0 spiro atoms. The van der Waals surface area contributed by atoms with Crippen LogP contribution in [0.15, 0.2) is 66.9 Å². The lowest BCUT2D eigenvalue weighted by Crippen LogP contribution is -2.59. The number of aryl methyl sites for hydroxylation is 1. The Labute approximate surface area is 294 Å². The van der Waals surface area contributed by atoms with Gasteiger partial charge in [-0.05, 0) is 79.9 Å². The average molecular weight is 718 g/mol. The number of benzene rings is 3. The number of halogens is 5. The highest BCUT2D eigenvalue weighted by atomic mass is 35.5. The molecule has 4 N–H and O–H groups in total. The second-order valence-corrected chi connectivity index (χ2v) is 13.7. The molecule has 0 bridgehead atoms. The van der Waals surface area contributed by atoms with Gasteiger partial charge in [-0.3, -0.25) is 14.6 Å². The molecule has 13 heteroatoms. The molecule has 0 radical (unpaired) electrons. The van der Waals surface area contributed by atoms with Gasteiger partial charge in [0.25, 0.3) is 0 Å². The van der Waals surface area contributed by atoms with E-state index in [9.17, 15) is 18.0 Å². The SMILES string of the molecule is NC1(C(=O)NCCCn2cc(-c3ccc(OC(F)(F)F)cc3)c3cc(CN4CCN(Cc5c(Cl)cccc5Cl)CC4)ccc32)CCNCC1. The van der Waals surface area contributed by atoms with Gasteiger partial charge in [0.2, 0.25) is 5.91 Å². The van der Waals surface area contributed by atoms with Gasteiger partial charge in [0, 0.05) is 90.6 Å². The zero-order valence-corrected chi connectivity index (χ0v) is 28.7. The van der Waals surface area contributed by atoms with Crippen LogP contribution in [0.4, 0.5) is 13.2 Å². The number of rotatable bonds is 11. The Kier molecular flexibility index (Phi) is 11.1. The fourth-order valence-electron chi connectivity index (χ4n) is 6.69. The first-order valence-electron chi connectivity index (χ1n) is 16.6. The number of aromatic nitrogens is 1. The molecular formula is C36H41Cl2F3N6O2. The number of nitrogens with two attached hydrogens (primary N) is 1. The molecule has 1 amide bonds. The third kappa shape index (κ3) is 8.89. The van der Waals surface area contributed by atoms with E-state index in [0.717, 1.165) is 79.0 Å². The number of piperidine rings is 1. The number of nitrogens with one attached hydrogen (secondary N) is 2.